The number of methoxy groups -OCH3 is 1. The molecule has 1 aromatic carbocycles. The molecule has 0 saturated carbocycles. The van der Waals surface area contributed by atoms with Crippen molar-refractivity contribution in [3.8, 4) is 5.75 Å². The SMILES string of the molecule is COc1cc(C)c(C)cc1C(O)C(N)CC(=O)O. The number of aliphatic carboxylic acids is 1. The lowest BCUT2D eigenvalue weighted by Gasteiger charge is -2.21. The van der Waals surface area contributed by atoms with Crippen molar-refractivity contribution in [3.63, 3.8) is 0 Å². The van der Waals surface area contributed by atoms with Crippen molar-refractivity contribution in [3.05, 3.63) is 28.8 Å². The Kier molecular flexibility index (Phi) is 4.69. The van der Waals surface area contributed by atoms with Crippen molar-refractivity contribution < 1.29 is 19.7 Å². The molecule has 4 N–H and O–H groups in total. The number of nitrogens with two attached hydrogens (primary N) is 1. The van der Waals surface area contributed by atoms with Gasteiger partial charge in [-0.05, 0) is 37.1 Å². The second kappa shape index (κ2) is 5.84. The molecule has 18 heavy (non-hydrogen) atoms. The van der Waals surface area contributed by atoms with E-state index in [1.165, 1.54) is 7.11 Å². The first-order valence-corrected chi connectivity index (χ1v) is 5.67. The van der Waals surface area contributed by atoms with E-state index in [0.717, 1.165) is 11.1 Å². The largest absolute Gasteiger partial charge is 0.496 e. The summed E-state index contributed by atoms with van der Waals surface area (Å²) in [5.41, 5.74) is 8.23. The summed E-state index contributed by atoms with van der Waals surface area (Å²) < 4.78 is 5.19. The fraction of sp³-hybridized carbons (Fsp3) is 0.462. The number of rotatable bonds is 5. The number of carbonyl (C=O) groups is 1. The monoisotopic (exact) mass is 253 g/mol. The van der Waals surface area contributed by atoms with Crippen molar-refractivity contribution in [1.82, 2.24) is 0 Å². The molecule has 0 aromatic heterocycles. The second-order valence-electron chi connectivity index (χ2n) is 4.38. The first-order valence-electron chi connectivity index (χ1n) is 5.67. The van der Waals surface area contributed by atoms with Crippen molar-refractivity contribution in [2.75, 3.05) is 7.11 Å². The van der Waals surface area contributed by atoms with Gasteiger partial charge < -0.3 is 20.7 Å². The third kappa shape index (κ3) is 3.21. The van der Waals surface area contributed by atoms with Gasteiger partial charge >= 0.3 is 5.97 Å². The van der Waals surface area contributed by atoms with E-state index >= 15 is 0 Å². The lowest BCUT2D eigenvalue weighted by atomic mass is 9.96. The van der Waals surface area contributed by atoms with E-state index in [9.17, 15) is 9.90 Å². The van der Waals surface area contributed by atoms with Gasteiger partial charge in [-0.1, -0.05) is 0 Å². The molecule has 0 aliphatic rings. The predicted octanol–water partition coefficient (Wildman–Crippen LogP) is 1.15. The highest BCUT2D eigenvalue weighted by atomic mass is 16.5. The van der Waals surface area contributed by atoms with Crippen molar-refractivity contribution in [1.29, 1.82) is 0 Å². The zero-order valence-electron chi connectivity index (χ0n) is 10.8. The number of aliphatic hydroxyl groups excluding tert-OH is 1. The molecular formula is C13H19NO4. The Morgan fingerprint density at radius 3 is 2.44 bits per heavy atom. The molecule has 1 rings (SSSR count). The number of carboxylic acids is 1. The highest BCUT2D eigenvalue weighted by molar-refractivity contribution is 5.67. The van der Waals surface area contributed by atoms with Crippen LogP contribution in [0.5, 0.6) is 5.75 Å². The molecule has 0 aliphatic heterocycles. The summed E-state index contributed by atoms with van der Waals surface area (Å²) >= 11 is 0. The lowest BCUT2D eigenvalue weighted by Crippen LogP contribution is -2.31. The van der Waals surface area contributed by atoms with E-state index in [2.05, 4.69) is 0 Å². The van der Waals surface area contributed by atoms with Gasteiger partial charge in [0.2, 0.25) is 0 Å². The second-order valence-corrected chi connectivity index (χ2v) is 4.38. The molecule has 0 amide bonds. The third-order valence-electron chi connectivity index (χ3n) is 2.98. The topological polar surface area (TPSA) is 92.8 Å². The molecule has 5 heteroatoms. The van der Waals surface area contributed by atoms with Gasteiger partial charge in [-0.2, -0.15) is 0 Å². The lowest BCUT2D eigenvalue weighted by molar-refractivity contribution is -0.138. The van der Waals surface area contributed by atoms with E-state index in [0.29, 0.717) is 11.3 Å². The Labute approximate surface area is 106 Å². The molecule has 0 saturated heterocycles. The molecule has 0 radical (unpaired) electrons. The van der Waals surface area contributed by atoms with Crippen LogP contribution in [-0.4, -0.2) is 29.3 Å². The van der Waals surface area contributed by atoms with Gasteiger partial charge in [0.25, 0.3) is 0 Å². The molecule has 5 nitrogen and oxygen atoms in total. The number of aliphatic hydroxyl groups is 1. The quantitative estimate of drug-likeness (QED) is 0.732. The minimum absolute atomic E-state index is 0.294. The van der Waals surface area contributed by atoms with Crippen LogP contribution in [0.2, 0.25) is 0 Å². The molecule has 2 atom stereocenters. The highest BCUT2D eigenvalue weighted by Gasteiger charge is 2.23. The van der Waals surface area contributed by atoms with Gasteiger partial charge in [-0.3, -0.25) is 4.79 Å². The standard InChI is InChI=1S/C13H19NO4/c1-7-4-9(11(18-3)5-8(7)2)13(17)10(14)6-12(15)16/h4-5,10,13,17H,6,14H2,1-3H3,(H,15,16). The van der Waals surface area contributed by atoms with Gasteiger partial charge in [0.15, 0.2) is 0 Å². The summed E-state index contributed by atoms with van der Waals surface area (Å²) in [7, 11) is 1.50. The normalized spacial score (nSPS) is 14.1. The predicted molar refractivity (Wildman–Crippen MR) is 67.7 cm³/mol. The van der Waals surface area contributed by atoms with Crippen LogP contribution in [-0.2, 0) is 4.79 Å². The smallest absolute Gasteiger partial charge is 0.305 e. The number of hydrogen-bond donors (Lipinski definition) is 3. The summed E-state index contributed by atoms with van der Waals surface area (Å²) in [6.07, 6.45) is -1.35. The molecule has 100 valence electrons. The van der Waals surface area contributed by atoms with Crippen LogP contribution >= 0.6 is 0 Å². The minimum Gasteiger partial charge on any atom is -0.496 e. The number of hydrogen-bond acceptors (Lipinski definition) is 4. The first kappa shape index (κ1) is 14.5. The Morgan fingerprint density at radius 2 is 1.94 bits per heavy atom. The number of aryl methyl sites for hydroxylation is 2. The maximum atomic E-state index is 10.6. The summed E-state index contributed by atoms with van der Waals surface area (Å²) in [5.74, 6) is -0.518. The fourth-order valence-corrected chi connectivity index (χ4v) is 1.76. The Bertz CT molecular complexity index is 445. The summed E-state index contributed by atoms with van der Waals surface area (Å²) in [6.45, 7) is 3.85. The van der Waals surface area contributed by atoms with Crippen molar-refractivity contribution >= 4 is 5.97 Å². The number of carboxylic acid groups (broad SMARTS) is 1. The van der Waals surface area contributed by atoms with E-state index in [-0.39, 0.29) is 6.42 Å². The fourth-order valence-electron chi connectivity index (χ4n) is 1.76. The van der Waals surface area contributed by atoms with Crippen LogP contribution in [0.1, 0.15) is 29.2 Å². The maximum absolute atomic E-state index is 10.6. The van der Waals surface area contributed by atoms with Crippen LogP contribution in [0.3, 0.4) is 0 Å². The summed E-state index contributed by atoms with van der Waals surface area (Å²) in [5, 5.41) is 18.8. The van der Waals surface area contributed by atoms with Gasteiger partial charge in [0.05, 0.1) is 19.6 Å². The molecular weight excluding hydrogens is 234 g/mol. The molecule has 1 aromatic rings. The average molecular weight is 253 g/mol. The average Bonchev–Trinajstić information content (AvgIpc) is 2.30. The van der Waals surface area contributed by atoms with Crippen molar-refractivity contribution in [2.24, 2.45) is 5.73 Å². The van der Waals surface area contributed by atoms with Crippen molar-refractivity contribution in [2.45, 2.75) is 32.4 Å². The number of ether oxygens (including phenoxy) is 1. The molecule has 0 fully saturated rings. The highest BCUT2D eigenvalue weighted by Crippen LogP contribution is 2.30. The van der Waals surface area contributed by atoms with Gasteiger partial charge in [0, 0.05) is 11.6 Å². The minimum atomic E-state index is -1.06. The Balaban J connectivity index is 3.07. The van der Waals surface area contributed by atoms with Gasteiger partial charge in [0.1, 0.15) is 5.75 Å². The van der Waals surface area contributed by atoms with Crippen LogP contribution in [0.4, 0.5) is 0 Å². The third-order valence-corrected chi connectivity index (χ3v) is 2.98. The maximum Gasteiger partial charge on any atom is 0.305 e. The van der Waals surface area contributed by atoms with Crippen LogP contribution in [0.25, 0.3) is 0 Å². The van der Waals surface area contributed by atoms with Crippen LogP contribution in [0.15, 0.2) is 12.1 Å². The first-order chi connectivity index (χ1) is 8.36. The Morgan fingerprint density at radius 1 is 1.39 bits per heavy atom. The van der Waals surface area contributed by atoms with Crippen LogP contribution < -0.4 is 10.5 Å². The molecule has 0 spiro atoms. The summed E-state index contributed by atoms with van der Waals surface area (Å²) in [6, 6.07) is 2.72. The molecule has 2 unspecified atom stereocenters. The van der Waals surface area contributed by atoms with E-state index in [4.69, 9.17) is 15.6 Å². The summed E-state index contributed by atoms with van der Waals surface area (Å²) in [4.78, 5) is 10.6. The van der Waals surface area contributed by atoms with E-state index in [1.807, 2.05) is 13.8 Å². The van der Waals surface area contributed by atoms with E-state index < -0.39 is 18.1 Å². The van der Waals surface area contributed by atoms with Gasteiger partial charge in [-0.25, -0.2) is 0 Å². The molecule has 0 aliphatic carbocycles. The number of benzene rings is 1. The zero-order valence-corrected chi connectivity index (χ0v) is 10.8. The van der Waals surface area contributed by atoms with Crippen LogP contribution in [0, 0.1) is 13.8 Å². The Hall–Kier alpha value is -1.59. The van der Waals surface area contributed by atoms with Gasteiger partial charge in [-0.15, -0.1) is 0 Å². The zero-order chi connectivity index (χ0) is 13.9. The molecule has 0 heterocycles. The molecule has 0 bridgehead atoms. The van der Waals surface area contributed by atoms with E-state index in [1.54, 1.807) is 12.1 Å².